The Bertz CT molecular complexity index is 635. The molecule has 0 radical (unpaired) electrons. The fraction of sp³-hybridized carbons (Fsp3) is 0.960. The van der Waals surface area contributed by atoms with Crippen LogP contribution in [0.1, 0.15) is 77.6 Å². The Kier molecular flexibility index (Phi) is 14.8. The first-order valence-electron chi connectivity index (χ1n) is 13.5. The highest BCUT2D eigenvalue weighted by molar-refractivity contribution is 5.69. The zero-order valence-electron chi connectivity index (χ0n) is 21.6. The molecule has 12 nitrogen and oxygen atoms in total. The second-order valence-electron chi connectivity index (χ2n) is 9.96. The van der Waals surface area contributed by atoms with Crippen LogP contribution in [0.15, 0.2) is 0 Å². The fourth-order valence-electron chi connectivity index (χ4n) is 4.56. The van der Waals surface area contributed by atoms with Gasteiger partial charge in [-0.3, -0.25) is 4.79 Å². The van der Waals surface area contributed by atoms with Gasteiger partial charge in [0.2, 0.25) is 0 Å². The van der Waals surface area contributed by atoms with Gasteiger partial charge in [-0.25, -0.2) is 0 Å². The molecule has 2 aliphatic heterocycles. The maximum Gasteiger partial charge on any atom is 0.305 e. The van der Waals surface area contributed by atoms with Crippen molar-refractivity contribution in [2.24, 2.45) is 0 Å². The van der Waals surface area contributed by atoms with Crippen LogP contribution in [0.3, 0.4) is 0 Å². The molecule has 7 N–H and O–H groups in total. The van der Waals surface area contributed by atoms with Crippen molar-refractivity contribution in [3.05, 3.63) is 0 Å². The summed E-state index contributed by atoms with van der Waals surface area (Å²) in [4.78, 5) is 12.1. The van der Waals surface area contributed by atoms with Crippen LogP contribution in [0, 0.1) is 0 Å². The lowest BCUT2D eigenvalue weighted by molar-refractivity contribution is -0.355. The second-order valence-corrected chi connectivity index (χ2v) is 9.96. The zero-order chi connectivity index (χ0) is 27.4. The summed E-state index contributed by atoms with van der Waals surface area (Å²) in [5.41, 5.74) is 0. The molecule has 0 aromatic heterocycles. The molecule has 12 heteroatoms. The monoisotopic (exact) mass is 538 g/mol. The molecule has 2 fully saturated rings. The smallest absolute Gasteiger partial charge is 0.305 e. The molecule has 2 rings (SSSR count). The van der Waals surface area contributed by atoms with Gasteiger partial charge in [0, 0.05) is 6.42 Å². The van der Waals surface area contributed by atoms with Crippen LogP contribution in [0.2, 0.25) is 0 Å². The largest absolute Gasteiger partial charge is 0.463 e. The molecule has 10 atom stereocenters. The topological polar surface area (TPSA) is 196 Å². The highest BCUT2D eigenvalue weighted by Gasteiger charge is 2.50. The Balaban J connectivity index is 1.74. The molecule has 0 aliphatic carbocycles. The van der Waals surface area contributed by atoms with Crippen molar-refractivity contribution < 1.29 is 59.5 Å². The minimum atomic E-state index is -1.76. The quantitative estimate of drug-likeness (QED) is 0.0981. The van der Waals surface area contributed by atoms with Gasteiger partial charge in [0.05, 0.1) is 6.61 Å². The Morgan fingerprint density at radius 3 is 1.89 bits per heavy atom. The average molecular weight is 539 g/mol. The molecule has 0 unspecified atom stereocenters. The van der Waals surface area contributed by atoms with Crippen molar-refractivity contribution in [2.75, 3.05) is 13.2 Å². The molecule has 0 aromatic rings. The lowest BCUT2D eigenvalue weighted by Gasteiger charge is -2.45. The van der Waals surface area contributed by atoms with Crippen molar-refractivity contribution in [1.82, 2.24) is 0 Å². The summed E-state index contributed by atoms with van der Waals surface area (Å²) in [7, 11) is 0. The van der Waals surface area contributed by atoms with Gasteiger partial charge in [-0.1, -0.05) is 64.7 Å². The first kappa shape index (κ1) is 32.3. The minimum absolute atomic E-state index is 0.203. The summed E-state index contributed by atoms with van der Waals surface area (Å²) in [6, 6.07) is 0. The third-order valence-corrected chi connectivity index (χ3v) is 6.94. The molecule has 0 aromatic carbocycles. The molecule has 218 valence electrons. The number of hydrogen-bond acceptors (Lipinski definition) is 12. The van der Waals surface area contributed by atoms with E-state index in [4.69, 9.17) is 18.9 Å². The third kappa shape index (κ3) is 9.95. The lowest BCUT2D eigenvalue weighted by atomic mass is 9.97. The normalized spacial score (nSPS) is 36.4. The van der Waals surface area contributed by atoms with E-state index in [0.717, 1.165) is 19.3 Å². The number of aliphatic hydroxyl groups excluding tert-OH is 7. The predicted octanol–water partition coefficient (Wildman–Crippen LogP) is -0.535. The third-order valence-electron chi connectivity index (χ3n) is 6.94. The number of aliphatic hydroxyl groups is 7. The number of carbonyl (C=O) groups is 1. The molecule has 0 bridgehead atoms. The fourth-order valence-corrected chi connectivity index (χ4v) is 4.56. The van der Waals surface area contributed by atoms with Crippen molar-refractivity contribution in [3.63, 3.8) is 0 Å². The van der Waals surface area contributed by atoms with Gasteiger partial charge in [-0.2, -0.15) is 0 Å². The number of rotatable bonds is 16. The molecular formula is C25H46O12. The number of carbonyl (C=O) groups excluding carboxylic acids is 1. The van der Waals surface area contributed by atoms with Crippen molar-refractivity contribution in [1.29, 1.82) is 0 Å². The number of unbranched alkanes of at least 4 members (excludes halogenated alkanes) is 9. The molecule has 0 amide bonds. The van der Waals surface area contributed by atoms with E-state index >= 15 is 0 Å². The Morgan fingerprint density at radius 1 is 0.703 bits per heavy atom. The maximum atomic E-state index is 12.1. The molecule has 0 saturated carbocycles. The van der Waals surface area contributed by atoms with Crippen molar-refractivity contribution >= 4 is 5.97 Å². The van der Waals surface area contributed by atoms with E-state index in [1.54, 1.807) is 0 Å². The first-order valence-corrected chi connectivity index (χ1v) is 13.5. The summed E-state index contributed by atoms with van der Waals surface area (Å²) in [6.45, 7) is 1.09. The van der Waals surface area contributed by atoms with E-state index in [2.05, 4.69) is 6.92 Å². The molecule has 2 aliphatic rings. The van der Waals surface area contributed by atoms with E-state index in [-0.39, 0.29) is 6.42 Å². The van der Waals surface area contributed by atoms with Gasteiger partial charge in [0.15, 0.2) is 12.6 Å². The van der Waals surface area contributed by atoms with E-state index in [1.165, 1.54) is 38.5 Å². The molecule has 2 saturated heterocycles. The van der Waals surface area contributed by atoms with Crippen molar-refractivity contribution in [2.45, 2.75) is 139 Å². The SMILES string of the molecule is CCCCCCCCCCCCC(=O)OC[C@H]1O[C@H](O[C@H]2[C@H](O)[C@@H](O)[C@H](O)O[C@@H]2CO)[C@H](O)[C@@H](O)[C@@H]1O. The van der Waals surface area contributed by atoms with E-state index < -0.39 is 80.6 Å². The van der Waals surface area contributed by atoms with Gasteiger partial charge in [-0.05, 0) is 6.42 Å². The average Bonchev–Trinajstić information content (AvgIpc) is 2.89. The standard InChI is InChI=1S/C25H46O12/c1-2-3-4-5-6-7-8-9-10-11-12-17(27)34-14-16-18(28)19(29)22(32)25(36-16)37-23-15(13-26)35-24(33)21(31)20(23)30/h15-16,18-26,28-33H,2-14H2,1H3/t15-,16-,18-,19+,20-,21-,22-,23-,24-,25-/m1/s1. The Hall–Kier alpha value is -0.930. The number of ether oxygens (including phenoxy) is 4. The molecule has 37 heavy (non-hydrogen) atoms. The van der Waals surface area contributed by atoms with Crippen LogP contribution in [0.4, 0.5) is 0 Å². The number of hydrogen-bond donors (Lipinski definition) is 7. The zero-order valence-corrected chi connectivity index (χ0v) is 21.6. The maximum absolute atomic E-state index is 12.1. The van der Waals surface area contributed by atoms with Crippen LogP contribution in [-0.2, 0) is 23.7 Å². The van der Waals surface area contributed by atoms with Gasteiger partial charge >= 0.3 is 5.97 Å². The second kappa shape index (κ2) is 16.9. The number of esters is 1. The van der Waals surface area contributed by atoms with Gasteiger partial charge < -0.3 is 54.7 Å². The highest BCUT2D eigenvalue weighted by atomic mass is 16.7. The highest BCUT2D eigenvalue weighted by Crippen LogP contribution is 2.28. The molecule has 0 spiro atoms. The van der Waals surface area contributed by atoms with E-state index in [1.807, 2.05) is 0 Å². The van der Waals surface area contributed by atoms with Crippen molar-refractivity contribution in [3.8, 4) is 0 Å². The summed E-state index contributed by atoms with van der Waals surface area (Å²) in [5, 5.41) is 70.0. The lowest BCUT2D eigenvalue weighted by Crippen LogP contribution is -2.64. The van der Waals surface area contributed by atoms with Crippen LogP contribution < -0.4 is 0 Å². The van der Waals surface area contributed by atoms with Gasteiger partial charge in [0.25, 0.3) is 0 Å². The van der Waals surface area contributed by atoms with Crippen LogP contribution in [0.25, 0.3) is 0 Å². The van der Waals surface area contributed by atoms with Gasteiger partial charge in [0.1, 0.15) is 55.4 Å². The first-order chi connectivity index (χ1) is 17.7. The molecule has 2 heterocycles. The summed E-state index contributed by atoms with van der Waals surface area (Å²) >= 11 is 0. The predicted molar refractivity (Wildman–Crippen MR) is 129 cm³/mol. The van der Waals surface area contributed by atoms with E-state index in [0.29, 0.717) is 6.42 Å². The summed E-state index contributed by atoms with van der Waals surface area (Å²) in [5.74, 6) is -0.484. The van der Waals surface area contributed by atoms with Crippen LogP contribution in [-0.4, -0.2) is 116 Å². The van der Waals surface area contributed by atoms with Crippen LogP contribution in [0.5, 0.6) is 0 Å². The minimum Gasteiger partial charge on any atom is -0.463 e. The van der Waals surface area contributed by atoms with E-state index in [9.17, 15) is 40.5 Å². The molecular weight excluding hydrogens is 492 g/mol. The Morgan fingerprint density at radius 2 is 1.30 bits per heavy atom. The van der Waals surface area contributed by atoms with Crippen LogP contribution >= 0.6 is 0 Å². The Labute approximate surface area is 218 Å². The summed E-state index contributed by atoms with van der Waals surface area (Å²) < 4.78 is 21.2. The van der Waals surface area contributed by atoms with Gasteiger partial charge in [-0.15, -0.1) is 0 Å². The summed E-state index contributed by atoms with van der Waals surface area (Å²) in [6.07, 6.45) is -4.39.